The molecule has 8 heteroatoms. The minimum absolute atomic E-state index is 0.116. The smallest absolute Gasteiger partial charge is 0.410 e. The van der Waals surface area contributed by atoms with Gasteiger partial charge in [-0.25, -0.2) is 14.8 Å². The molecule has 1 aromatic heterocycles. The van der Waals surface area contributed by atoms with Crippen LogP contribution in [0.25, 0.3) is 6.08 Å². The number of hydrogen-bond donors (Lipinski definition) is 0. The first-order chi connectivity index (χ1) is 10.8. The van der Waals surface area contributed by atoms with Crippen LogP contribution in [0.3, 0.4) is 0 Å². The number of aromatic nitrogens is 2. The van der Waals surface area contributed by atoms with Gasteiger partial charge in [-0.3, -0.25) is 10.1 Å². The van der Waals surface area contributed by atoms with Crippen molar-refractivity contribution >= 4 is 17.9 Å². The highest BCUT2D eigenvalue weighted by atomic mass is 16.6. The molecule has 1 aliphatic heterocycles. The fourth-order valence-electron chi connectivity index (χ4n) is 2.22. The van der Waals surface area contributed by atoms with Crippen molar-refractivity contribution in [2.45, 2.75) is 39.2 Å². The van der Waals surface area contributed by atoms with Gasteiger partial charge in [0.2, 0.25) is 0 Å². The minimum atomic E-state index is -0.519. The Morgan fingerprint density at radius 1 is 1.39 bits per heavy atom. The Balaban J connectivity index is 2.02. The first-order valence-electron chi connectivity index (χ1n) is 7.38. The van der Waals surface area contributed by atoms with Crippen molar-refractivity contribution in [3.8, 4) is 0 Å². The standard InChI is InChI=1S/C15H20N4O4/c1-15(2,3)23-14(20)18-6-4-11(5-7-18)8-12-13(19(21)22)9-16-10-17-12/h8-10H,4-7H2,1-3H3. The SMILES string of the molecule is CC(C)(C)OC(=O)N1CCC(=Cc2ncncc2[N+](=O)[O-])CC1. The van der Waals surface area contributed by atoms with E-state index in [1.54, 1.807) is 11.0 Å². The molecule has 1 aromatic rings. The summed E-state index contributed by atoms with van der Waals surface area (Å²) in [5, 5.41) is 11.0. The molecule has 0 aromatic carbocycles. The molecule has 2 heterocycles. The lowest BCUT2D eigenvalue weighted by atomic mass is 10.0. The average molecular weight is 320 g/mol. The zero-order valence-corrected chi connectivity index (χ0v) is 13.5. The fourth-order valence-corrected chi connectivity index (χ4v) is 2.22. The van der Waals surface area contributed by atoms with Crippen molar-refractivity contribution in [1.29, 1.82) is 0 Å². The lowest BCUT2D eigenvalue weighted by Crippen LogP contribution is -2.40. The number of hydrogen-bond acceptors (Lipinski definition) is 6. The van der Waals surface area contributed by atoms with Gasteiger partial charge in [0.05, 0.1) is 4.92 Å². The summed E-state index contributed by atoms with van der Waals surface area (Å²) >= 11 is 0. The molecule has 0 aliphatic carbocycles. The monoisotopic (exact) mass is 320 g/mol. The maximum atomic E-state index is 12.0. The van der Waals surface area contributed by atoms with Crippen LogP contribution in [-0.4, -0.2) is 44.6 Å². The van der Waals surface area contributed by atoms with Crippen LogP contribution in [-0.2, 0) is 4.74 Å². The van der Waals surface area contributed by atoms with Gasteiger partial charge >= 0.3 is 11.8 Å². The third-order valence-corrected chi connectivity index (χ3v) is 3.32. The highest BCUT2D eigenvalue weighted by Crippen LogP contribution is 2.23. The van der Waals surface area contributed by atoms with Gasteiger partial charge in [0.25, 0.3) is 0 Å². The van der Waals surface area contributed by atoms with E-state index in [9.17, 15) is 14.9 Å². The molecule has 23 heavy (non-hydrogen) atoms. The number of likely N-dealkylation sites (tertiary alicyclic amines) is 1. The number of ether oxygens (including phenoxy) is 1. The van der Waals surface area contributed by atoms with E-state index in [1.807, 2.05) is 20.8 Å². The quantitative estimate of drug-likeness (QED) is 0.614. The largest absolute Gasteiger partial charge is 0.444 e. The van der Waals surface area contributed by atoms with Crippen molar-refractivity contribution in [2.75, 3.05) is 13.1 Å². The van der Waals surface area contributed by atoms with Crippen LogP contribution in [0, 0.1) is 10.1 Å². The third-order valence-electron chi connectivity index (χ3n) is 3.32. The number of nitro groups is 1. The molecule has 0 spiro atoms. The molecule has 0 N–H and O–H groups in total. The Morgan fingerprint density at radius 2 is 2.04 bits per heavy atom. The predicted molar refractivity (Wildman–Crippen MR) is 83.7 cm³/mol. The molecule has 0 bridgehead atoms. The maximum Gasteiger partial charge on any atom is 0.410 e. The van der Waals surface area contributed by atoms with Gasteiger partial charge in [-0.2, -0.15) is 0 Å². The number of carbonyl (C=O) groups excluding carboxylic acids is 1. The summed E-state index contributed by atoms with van der Waals surface area (Å²) in [6.45, 7) is 6.54. The first-order valence-corrected chi connectivity index (χ1v) is 7.38. The molecular formula is C15H20N4O4. The Hall–Kier alpha value is -2.51. The van der Waals surface area contributed by atoms with Gasteiger partial charge in [-0.1, -0.05) is 5.57 Å². The van der Waals surface area contributed by atoms with Crippen molar-refractivity contribution in [3.05, 3.63) is 33.9 Å². The minimum Gasteiger partial charge on any atom is -0.444 e. The zero-order chi connectivity index (χ0) is 17.0. The van der Waals surface area contributed by atoms with E-state index in [4.69, 9.17) is 4.74 Å². The van der Waals surface area contributed by atoms with Crippen LogP contribution in [0.2, 0.25) is 0 Å². The zero-order valence-electron chi connectivity index (χ0n) is 13.5. The lowest BCUT2D eigenvalue weighted by molar-refractivity contribution is -0.385. The van der Waals surface area contributed by atoms with Crippen molar-refractivity contribution in [1.82, 2.24) is 14.9 Å². The number of carbonyl (C=O) groups is 1. The van der Waals surface area contributed by atoms with Gasteiger partial charge in [0.15, 0.2) is 0 Å². The van der Waals surface area contributed by atoms with Crippen LogP contribution in [0.1, 0.15) is 39.3 Å². The summed E-state index contributed by atoms with van der Waals surface area (Å²) < 4.78 is 5.34. The van der Waals surface area contributed by atoms with Crippen LogP contribution < -0.4 is 0 Å². The Morgan fingerprint density at radius 3 is 2.61 bits per heavy atom. The van der Waals surface area contributed by atoms with Crippen LogP contribution in [0.4, 0.5) is 10.5 Å². The van der Waals surface area contributed by atoms with Gasteiger partial charge in [0.1, 0.15) is 23.8 Å². The molecule has 1 fully saturated rings. The molecule has 0 unspecified atom stereocenters. The van der Waals surface area contributed by atoms with Crippen LogP contribution >= 0.6 is 0 Å². The van der Waals surface area contributed by atoms with Crippen LogP contribution in [0.5, 0.6) is 0 Å². The summed E-state index contributed by atoms with van der Waals surface area (Å²) in [5.41, 5.74) is 0.682. The summed E-state index contributed by atoms with van der Waals surface area (Å²) in [6.07, 6.45) is 5.14. The Kier molecular flexibility index (Phi) is 4.92. The first kappa shape index (κ1) is 16.9. The molecule has 1 saturated heterocycles. The summed E-state index contributed by atoms with van der Waals surface area (Å²) in [6, 6.07) is 0. The van der Waals surface area contributed by atoms with E-state index >= 15 is 0 Å². The van der Waals surface area contributed by atoms with Gasteiger partial charge in [0, 0.05) is 13.1 Å². The molecule has 0 atom stereocenters. The molecule has 2 rings (SSSR count). The Bertz CT molecular complexity index is 627. The normalized spacial score (nSPS) is 15.3. The number of rotatable bonds is 2. The Labute approximate surface area is 134 Å². The van der Waals surface area contributed by atoms with E-state index in [-0.39, 0.29) is 11.8 Å². The summed E-state index contributed by atoms with van der Waals surface area (Å²) in [4.78, 5) is 31.8. The lowest BCUT2D eigenvalue weighted by Gasteiger charge is -2.30. The topological polar surface area (TPSA) is 98.5 Å². The van der Waals surface area contributed by atoms with Gasteiger partial charge < -0.3 is 9.64 Å². The predicted octanol–water partition coefficient (Wildman–Crippen LogP) is 2.80. The average Bonchev–Trinajstić information content (AvgIpc) is 2.46. The summed E-state index contributed by atoms with van der Waals surface area (Å²) in [5.74, 6) is 0. The molecule has 0 radical (unpaired) electrons. The van der Waals surface area contributed by atoms with Gasteiger partial charge in [-0.15, -0.1) is 0 Å². The van der Waals surface area contributed by atoms with E-state index in [0.29, 0.717) is 31.6 Å². The van der Waals surface area contributed by atoms with E-state index in [2.05, 4.69) is 9.97 Å². The summed E-state index contributed by atoms with van der Waals surface area (Å²) in [7, 11) is 0. The number of amides is 1. The highest BCUT2D eigenvalue weighted by molar-refractivity contribution is 5.68. The van der Waals surface area contributed by atoms with E-state index in [0.717, 1.165) is 5.57 Å². The van der Waals surface area contributed by atoms with E-state index in [1.165, 1.54) is 12.5 Å². The third kappa shape index (κ3) is 4.73. The fraction of sp³-hybridized carbons (Fsp3) is 0.533. The maximum absolute atomic E-state index is 12.0. The van der Waals surface area contributed by atoms with E-state index < -0.39 is 10.5 Å². The molecule has 124 valence electrons. The molecule has 1 amide bonds. The highest BCUT2D eigenvalue weighted by Gasteiger charge is 2.25. The van der Waals surface area contributed by atoms with Crippen molar-refractivity contribution in [2.24, 2.45) is 0 Å². The van der Waals surface area contributed by atoms with Crippen molar-refractivity contribution in [3.63, 3.8) is 0 Å². The second-order valence-corrected chi connectivity index (χ2v) is 6.32. The second kappa shape index (κ2) is 6.72. The van der Waals surface area contributed by atoms with Gasteiger partial charge in [-0.05, 0) is 39.7 Å². The molecule has 0 saturated carbocycles. The van der Waals surface area contributed by atoms with Crippen molar-refractivity contribution < 1.29 is 14.5 Å². The van der Waals surface area contributed by atoms with Crippen LogP contribution in [0.15, 0.2) is 18.1 Å². The molecule has 8 nitrogen and oxygen atoms in total. The number of piperidine rings is 1. The molecule has 1 aliphatic rings. The number of nitrogens with zero attached hydrogens (tertiary/aromatic N) is 4. The molecular weight excluding hydrogens is 300 g/mol. The second-order valence-electron chi connectivity index (χ2n) is 6.32.